The molecule has 4 heterocycles. The number of ether oxygens (including phenoxy) is 2. The maximum atomic E-state index is 12.7. The van der Waals surface area contributed by atoms with Crippen LogP contribution in [0.3, 0.4) is 0 Å². The number of carbonyl (C=O) groups is 2. The lowest BCUT2D eigenvalue weighted by Gasteiger charge is -2.26. The van der Waals surface area contributed by atoms with Crippen molar-refractivity contribution in [3.8, 4) is 0 Å². The molecule has 2 atom stereocenters. The summed E-state index contributed by atoms with van der Waals surface area (Å²) in [6, 6.07) is 7.48. The molecule has 0 saturated carbocycles. The van der Waals surface area contributed by atoms with Crippen molar-refractivity contribution in [1.29, 1.82) is 0 Å². The number of hydrogen-bond donors (Lipinski definition) is 1. The number of likely N-dealkylation sites (tertiary alicyclic amines) is 1. The average molecular weight is 454 g/mol. The highest BCUT2D eigenvalue weighted by atomic mass is 19.4. The van der Waals surface area contributed by atoms with Crippen LogP contribution >= 0.6 is 0 Å². The minimum atomic E-state index is -5.08. The fourth-order valence-corrected chi connectivity index (χ4v) is 3.63. The molecule has 2 fully saturated rings. The van der Waals surface area contributed by atoms with Crippen molar-refractivity contribution in [3.63, 3.8) is 0 Å². The van der Waals surface area contributed by atoms with Gasteiger partial charge < -0.3 is 19.5 Å². The molecule has 2 aromatic rings. The van der Waals surface area contributed by atoms with Crippen LogP contribution in [0, 0.1) is 11.3 Å². The Labute approximate surface area is 181 Å². The van der Waals surface area contributed by atoms with Gasteiger partial charge >= 0.3 is 12.1 Å². The number of carboxylic acid groups (broad SMARTS) is 1. The van der Waals surface area contributed by atoms with E-state index in [0.29, 0.717) is 51.0 Å². The number of aliphatic carboxylic acids is 1. The molecule has 0 aromatic carbocycles. The van der Waals surface area contributed by atoms with Crippen LogP contribution in [-0.2, 0) is 20.9 Å². The summed E-state index contributed by atoms with van der Waals surface area (Å²) in [7, 11) is 0. The Morgan fingerprint density at radius 2 is 2.03 bits per heavy atom. The van der Waals surface area contributed by atoms with Gasteiger partial charge in [0.15, 0.2) is 0 Å². The molecular weight excluding hydrogens is 433 g/mol. The maximum Gasteiger partial charge on any atom is 0.490 e. The van der Waals surface area contributed by atoms with Crippen molar-refractivity contribution in [2.75, 3.05) is 32.9 Å². The average Bonchev–Trinajstić information content (AvgIpc) is 3.32. The summed E-state index contributed by atoms with van der Waals surface area (Å²) in [6.07, 6.45) is -0.270. The number of halogens is 3. The van der Waals surface area contributed by atoms with E-state index >= 15 is 0 Å². The number of fused-ring (bicyclic) bond motifs is 1. The second-order valence-electron chi connectivity index (χ2n) is 7.51. The van der Waals surface area contributed by atoms with Gasteiger partial charge in [0.25, 0.3) is 5.91 Å². The number of amides is 1. The Balaban J connectivity index is 0.000000360. The van der Waals surface area contributed by atoms with Crippen molar-refractivity contribution in [3.05, 3.63) is 54.1 Å². The summed E-state index contributed by atoms with van der Waals surface area (Å²) in [6.45, 7) is 3.66. The molecule has 4 rings (SSSR count). The molecule has 0 bridgehead atoms. The number of rotatable bonds is 5. The molecular formula is C20H21F3N4O5. The van der Waals surface area contributed by atoms with Gasteiger partial charge in [-0.15, -0.1) is 0 Å². The smallest absolute Gasteiger partial charge is 0.475 e. The molecule has 12 heteroatoms. The predicted octanol–water partition coefficient (Wildman–Crippen LogP) is 1.81. The summed E-state index contributed by atoms with van der Waals surface area (Å²) in [5.74, 6) is -2.46. The van der Waals surface area contributed by atoms with Crippen molar-refractivity contribution < 1.29 is 37.3 Å². The summed E-state index contributed by atoms with van der Waals surface area (Å²) in [5.41, 5.74) is 1.34. The van der Waals surface area contributed by atoms with Crippen LogP contribution in [0.5, 0.6) is 0 Å². The largest absolute Gasteiger partial charge is 0.490 e. The van der Waals surface area contributed by atoms with Crippen molar-refractivity contribution in [1.82, 2.24) is 20.1 Å². The lowest BCUT2D eigenvalue weighted by atomic mass is 9.82. The van der Waals surface area contributed by atoms with E-state index < -0.39 is 12.1 Å². The third kappa shape index (κ3) is 5.77. The lowest BCUT2D eigenvalue weighted by Crippen LogP contribution is -2.37. The quantitative estimate of drug-likeness (QED) is 0.728. The van der Waals surface area contributed by atoms with Gasteiger partial charge in [-0.25, -0.2) is 4.79 Å². The van der Waals surface area contributed by atoms with Gasteiger partial charge in [0.2, 0.25) is 0 Å². The first-order valence-corrected chi connectivity index (χ1v) is 9.63. The molecule has 0 unspecified atom stereocenters. The fourth-order valence-electron chi connectivity index (χ4n) is 3.63. The van der Waals surface area contributed by atoms with Crippen LogP contribution in [0.4, 0.5) is 13.2 Å². The van der Waals surface area contributed by atoms with Crippen molar-refractivity contribution in [2.45, 2.75) is 12.8 Å². The standard InChI is InChI=1S/C18H20N4O3.C2HF3O2/c23-17(14-4-6-20-21-7-14)22-8-15-9-24-12-18(15,11-22)13-25-10-16-3-1-2-5-19-16;3-2(4,5)1(6)7/h1-7,15H,8-13H2;(H,6,7)/t15-,18+;/m1./s1. The summed E-state index contributed by atoms with van der Waals surface area (Å²) >= 11 is 0. The number of nitrogens with zero attached hydrogens (tertiary/aromatic N) is 4. The molecule has 0 aliphatic carbocycles. The van der Waals surface area contributed by atoms with Gasteiger partial charge in [-0.1, -0.05) is 6.07 Å². The summed E-state index contributed by atoms with van der Waals surface area (Å²) in [5, 5.41) is 14.6. The third-order valence-corrected chi connectivity index (χ3v) is 5.25. The van der Waals surface area contributed by atoms with Gasteiger partial charge in [0.1, 0.15) is 0 Å². The van der Waals surface area contributed by atoms with Gasteiger partial charge in [-0.05, 0) is 18.2 Å². The number of carboxylic acids is 1. The van der Waals surface area contributed by atoms with Crippen LogP contribution in [0.2, 0.25) is 0 Å². The van der Waals surface area contributed by atoms with Crippen LogP contribution in [0.15, 0.2) is 42.9 Å². The zero-order chi connectivity index (χ0) is 23.2. The maximum absolute atomic E-state index is 12.7. The molecule has 2 saturated heterocycles. The molecule has 2 aliphatic heterocycles. The summed E-state index contributed by atoms with van der Waals surface area (Å²) in [4.78, 5) is 27.7. The van der Waals surface area contributed by atoms with E-state index in [0.717, 1.165) is 5.69 Å². The van der Waals surface area contributed by atoms with Gasteiger partial charge in [-0.2, -0.15) is 23.4 Å². The molecule has 32 heavy (non-hydrogen) atoms. The van der Waals surface area contributed by atoms with E-state index in [1.807, 2.05) is 23.1 Å². The second-order valence-corrected chi connectivity index (χ2v) is 7.51. The molecule has 0 radical (unpaired) electrons. The number of aromatic nitrogens is 3. The number of carbonyl (C=O) groups excluding carboxylic acids is 1. The van der Waals surface area contributed by atoms with E-state index in [2.05, 4.69) is 15.2 Å². The molecule has 172 valence electrons. The number of hydrogen-bond acceptors (Lipinski definition) is 7. The van der Waals surface area contributed by atoms with Crippen LogP contribution < -0.4 is 0 Å². The third-order valence-electron chi connectivity index (χ3n) is 5.25. The first-order chi connectivity index (χ1) is 15.2. The Bertz CT molecular complexity index is 916. The van der Waals surface area contributed by atoms with Crippen molar-refractivity contribution >= 4 is 11.9 Å². The van der Waals surface area contributed by atoms with E-state index in [1.165, 1.54) is 6.20 Å². The van der Waals surface area contributed by atoms with Crippen LogP contribution in [-0.4, -0.2) is 76.2 Å². The monoisotopic (exact) mass is 454 g/mol. The Morgan fingerprint density at radius 1 is 1.25 bits per heavy atom. The van der Waals surface area contributed by atoms with Gasteiger partial charge in [-0.3, -0.25) is 9.78 Å². The molecule has 2 aliphatic rings. The minimum absolute atomic E-state index is 0.00611. The lowest BCUT2D eigenvalue weighted by molar-refractivity contribution is -0.192. The Morgan fingerprint density at radius 3 is 2.66 bits per heavy atom. The highest BCUT2D eigenvalue weighted by Crippen LogP contribution is 2.42. The normalized spacial score (nSPS) is 22.1. The minimum Gasteiger partial charge on any atom is -0.475 e. The Kier molecular flexibility index (Phi) is 7.36. The zero-order valence-electron chi connectivity index (χ0n) is 16.9. The van der Waals surface area contributed by atoms with Gasteiger partial charge in [0.05, 0.1) is 50.1 Å². The highest BCUT2D eigenvalue weighted by molar-refractivity contribution is 5.94. The first kappa shape index (κ1) is 23.5. The van der Waals surface area contributed by atoms with Crippen molar-refractivity contribution in [2.24, 2.45) is 11.3 Å². The number of alkyl halides is 3. The number of pyridine rings is 1. The first-order valence-electron chi connectivity index (χ1n) is 9.63. The Hall–Kier alpha value is -3.12. The van der Waals surface area contributed by atoms with Gasteiger partial charge in [0, 0.05) is 30.6 Å². The molecule has 2 aromatic heterocycles. The van der Waals surface area contributed by atoms with E-state index in [1.54, 1.807) is 18.5 Å². The summed E-state index contributed by atoms with van der Waals surface area (Å²) < 4.78 is 43.4. The highest BCUT2D eigenvalue weighted by Gasteiger charge is 2.52. The molecule has 0 spiro atoms. The predicted molar refractivity (Wildman–Crippen MR) is 102 cm³/mol. The second kappa shape index (κ2) is 10.0. The SMILES string of the molecule is O=C(O)C(F)(F)F.O=C(c1ccnnc1)N1C[C@@H]2COC[C@]2(COCc2ccccn2)C1. The van der Waals surface area contributed by atoms with Crippen LogP contribution in [0.1, 0.15) is 16.1 Å². The molecule has 9 nitrogen and oxygen atoms in total. The molecule has 1 N–H and O–H groups in total. The molecule has 1 amide bonds. The zero-order valence-corrected chi connectivity index (χ0v) is 16.9. The fraction of sp³-hybridized carbons (Fsp3) is 0.450. The topological polar surface area (TPSA) is 115 Å². The van der Waals surface area contributed by atoms with E-state index in [-0.39, 0.29) is 11.3 Å². The van der Waals surface area contributed by atoms with Crippen LogP contribution in [0.25, 0.3) is 0 Å². The van der Waals surface area contributed by atoms with E-state index in [9.17, 15) is 18.0 Å². The van der Waals surface area contributed by atoms with E-state index in [4.69, 9.17) is 19.4 Å².